The van der Waals surface area contributed by atoms with Crippen LogP contribution in [-0.4, -0.2) is 119 Å². The van der Waals surface area contributed by atoms with Crippen molar-refractivity contribution in [1.29, 1.82) is 0 Å². The van der Waals surface area contributed by atoms with E-state index in [-0.39, 0.29) is 51.4 Å². The van der Waals surface area contributed by atoms with Gasteiger partial charge in [-0.2, -0.15) is 0 Å². The number of esters is 4. The van der Waals surface area contributed by atoms with Crippen LogP contribution in [0.1, 0.15) is 99.3 Å². The molecule has 4 heterocycles. The van der Waals surface area contributed by atoms with Crippen molar-refractivity contribution in [2.24, 2.45) is 10.8 Å². The Morgan fingerprint density at radius 3 is 2.09 bits per heavy atom. The lowest BCUT2D eigenvalue weighted by atomic mass is 9.70. The van der Waals surface area contributed by atoms with Gasteiger partial charge in [0.25, 0.3) is 0 Å². The van der Waals surface area contributed by atoms with E-state index in [0.717, 1.165) is 0 Å². The highest BCUT2D eigenvalue weighted by atomic mass is 16.6. The van der Waals surface area contributed by atoms with Crippen molar-refractivity contribution in [3.8, 4) is 0 Å². The van der Waals surface area contributed by atoms with Gasteiger partial charge in [0.1, 0.15) is 12.2 Å². The second-order valence-electron chi connectivity index (χ2n) is 16.2. The molecule has 6 bridgehead atoms. The van der Waals surface area contributed by atoms with Gasteiger partial charge in [-0.3, -0.25) is 9.59 Å². The Labute approximate surface area is 316 Å². The molecule has 10 atom stereocenters. The lowest BCUT2D eigenvalue weighted by molar-refractivity contribution is -0.348. The molecule has 0 amide bonds. The number of aliphatic hydroxyl groups excluding tert-OH is 2. The van der Waals surface area contributed by atoms with Crippen LogP contribution in [0.4, 0.5) is 0 Å². The second kappa shape index (κ2) is 17.3. The lowest BCUT2D eigenvalue weighted by Crippen LogP contribution is -2.62. The van der Waals surface area contributed by atoms with Crippen molar-refractivity contribution >= 4 is 23.9 Å². The van der Waals surface area contributed by atoms with Gasteiger partial charge in [-0.05, 0) is 26.2 Å². The van der Waals surface area contributed by atoms with E-state index < -0.39 is 102 Å². The van der Waals surface area contributed by atoms with Crippen LogP contribution in [0, 0.1) is 10.8 Å². The molecule has 4 aliphatic heterocycles. The molecule has 0 radical (unpaired) electrons. The number of hydrogen-bond donors (Lipinski definition) is 4. The summed E-state index contributed by atoms with van der Waals surface area (Å²) in [7, 11) is 2.51. The molecule has 4 rings (SSSR count). The minimum absolute atomic E-state index is 0.0624. The number of cyclic esters (lactones) is 1. The van der Waals surface area contributed by atoms with Crippen LogP contribution in [-0.2, 0) is 52.3 Å². The van der Waals surface area contributed by atoms with Crippen molar-refractivity contribution in [2.45, 2.75) is 160 Å². The van der Waals surface area contributed by atoms with E-state index in [9.17, 15) is 39.6 Å². The molecule has 0 aromatic rings. The molecule has 0 aromatic heterocycles. The molecule has 4 aliphatic rings. The Bertz CT molecular complexity index is 1480. The standard InChI is InChI=1S/C39H58O15/c1-22(40)31-18-28-13-25(15-34(44)49-8)20-38(46,53-28)36(3,4)10-9-27-11-24(14-33(43)48-7)12-30(51-27)21-39(47)37(5,6)32(50-23(2)41)19-29(54-39)16-26(42)17-35(45)52-31/h9-10,14-15,22,26-32,40,42,46-47H,11-13,16-21H2,1-8H3/b10-9+,24-14+,25-15+/t22-,26-,27+,28+,29-,30+,31-,32+,38-,39+/m1/s1. The van der Waals surface area contributed by atoms with Crippen molar-refractivity contribution in [3.05, 3.63) is 35.5 Å². The lowest BCUT2D eigenvalue weighted by Gasteiger charge is -2.53. The Hall–Kier alpha value is -3.18. The maximum absolute atomic E-state index is 13.2. The number of carbonyl (C=O) groups excluding carboxylic acids is 4. The molecular formula is C39H58O15. The summed E-state index contributed by atoms with van der Waals surface area (Å²) in [4.78, 5) is 50.1. The number of fused-ring (bicyclic) bond motifs is 6. The fourth-order valence-electron chi connectivity index (χ4n) is 7.73. The van der Waals surface area contributed by atoms with E-state index in [0.29, 0.717) is 11.1 Å². The van der Waals surface area contributed by atoms with Crippen LogP contribution in [0.15, 0.2) is 35.5 Å². The van der Waals surface area contributed by atoms with Crippen molar-refractivity contribution in [3.63, 3.8) is 0 Å². The largest absolute Gasteiger partial charge is 0.466 e. The number of methoxy groups -OCH3 is 2. The van der Waals surface area contributed by atoms with Crippen LogP contribution in [0.2, 0.25) is 0 Å². The minimum Gasteiger partial charge on any atom is -0.466 e. The molecule has 0 aromatic carbocycles. The Morgan fingerprint density at radius 1 is 0.870 bits per heavy atom. The molecule has 0 spiro atoms. The van der Waals surface area contributed by atoms with Crippen LogP contribution in [0.25, 0.3) is 0 Å². The number of rotatable bonds is 4. The zero-order valence-electron chi connectivity index (χ0n) is 32.6. The van der Waals surface area contributed by atoms with Gasteiger partial charge in [0.2, 0.25) is 0 Å². The predicted octanol–water partition coefficient (Wildman–Crippen LogP) is 2.85. The van der Waals surface area contributed by atoms with E-state index in [1.54, 1.807) is 39.8 Å². The fourth-order valence-corrected chi connectivity index (χ4v) is 7.73. The zero-order valence-corrected chi connectivity index (χ0v) is 32.6. The molecule has 0 aliphatic carbocycles. The molecule has 304 valence electrons. The molecule has 3 fully saturated rings. The van der Waals surface area contributed by atoms with Gasteiger partial charge in [-0.25, -0.2) is 9.59 Å². The second-order valence-corrected chi connectivity index (χ2v) is 16.2. The quantitative estimate of drug-likeness (QED) is 0.140. The first kappa shape index (κ1) is 43.5. The SMILES string of the molecule is COC(=O)/C=C1/C[C@H]2C[C@]3(O)O[C@H](C[C@@H](O)CC(=O)O[C@@H]([C@@H](C)O)C[C@@H]4C/C(=C\C(=O)OC)C[C@@](O)(O4)C(C)(C)/C=C/[C@@H](C1)O2)C[C@H](OC(C)=O)C3(C)C. The highest BCUT2D eigenvalue weighted by molar-refractivity contribution is 5.83. The molecule has 15 nitrogen and oxygen atoms in total. The fraction of sp³-hybridized carbons (Fsp3) is 0.744. The average Bonchev–Trinajstić information content (AvgIpc) is 3.04. The third-order valence-corrected chi connectivity index (χ3v) is 11.1. The average molecular weight is 767 g/mol. The van der Waals surface area contributed by atoms with E-state index in [1.165, 1.54) is 40.2 Å². The highest BCUT2D eigenvalue weighted by Gasteiger charge is 2.58. The van der Waals surface area contributed by atoms with Crippen LogP contribution < -0.4 is 0 Å². The summed E-state index contributed by atoms with van der Waals surface area (Å²) in [5.41, 5.74) is -1.15. The van der Waals surface area contributed by atoms with Crippen molar-refractivity contribution in [1.82, 2.24) is 0 Å². The maximum Gasteiger partial charge on any atom is 0.330 e. The first-order chi connectivity index (χ1) is 25.1. The maximum atomic E-state index is 13.2. The highest BCUT2D eigenvalue weighted by Crippen LogP contribution is 2.50. The summed E-state index contributed by atoms with van der Waals surface area (Å²) >= 11 is 0. The first-order valence-corrected chi connectivity index (χ1v) is 18.5. The molecule has 0 saturated carbocycles. The normalized spacial score (nSPS) is 38.7. The predicted molar refractivity (Wildman–Crippen MR) is 190 cm³/mol. The van der Waals surface area contributed by atoms with Gasteiger partial charge in [0.15, 0.2) is 11.6 Å². The molecule has 0 unspecified atom stereocenters. The van der Waals surface area contributed by atoms with Crippen LogP contribution in [0.3, 0.4) is 0 Å². The number of carbonyl (C=O) groups is 4. The number of aliphatic hydroxyl groups is 4. The van der Waals surface area contributed by atoms with Crippen LogP contribution in [0.5, 0.6) is 0 Å². The van der Waals surface area contributed by atoms with Gasteiger partial charge in [-0.15, -0.1) is 0 Å². The molecule has 3 saturated heterocycles. The van der Waals surface area contributed by atoms with E-state index >= 15 is 0 Å². The summed E-state index contributed by atoms with van der Waals surface area (Å²) in [6.45, 7) is 9.58. The Balaban J connectivity index is 1.80. The number of ether oxygens (including phenoxy) is 7. The molecular weight excluding hydrogens is 708 g/mol. The third-order valence-electron chi connectivity index (χ3n) is 11.1. The Kier molecular flexibility index (Phi) is 14.0. The summed E-state index contributed by atoms with van der Waals surface area (Å²) < 4.78 is 40.3. The summed E-state index contributed by atoms with van der Waals surface area (Å²) in [5.74, 6) is -6.48. The minimum atomic E-state index is -1.98. The molecule has 15 heteroatoms. The molecule has 4 N–H and O–H groups in total. The third kappa shape index (κ3) is 10.6. The number of hydrogen-bond acceptors (Lipinski definition) is 15. The topological polar surface area (TPSA) is 214 Å². The smallest absolute Gasteiger partial charge is 0.330 e. The van der Waals surface area contributed by atoms with E-state index in [1.807, 2.05) is 0 Å². The summed E-state index contributed by atoms with van der Waals surface area (Å²) in [6, 6.07) is 0. The molecule has 54 heavy (non-hydrogen) atoms. The van der Waals surface area contributed by atoms with Gasteiger partial charge in [0.05, 0.1) is 62.7 Å². The summed E-state index contributed by atoms with van der Waals surface area (Å²) in [6.07, 6.45) is -1.51. The van der Waals surface area contributed by atoms with Crippen molar-refractivity contribution in [2.75, 3.05) is 14.2 Å². The van der Waals surface area contributed by atoms with Gasteiger partial charge < -0.3 is 53.6 Å². The van der Waals surface area contributed by atoms with E-state index in [4.69, 9.17) is 33.2 Å². The monoisotopic (exact) mass is 766 g/mol. The first-order valence-electron chi connectivity index (χ1n) is 18.5. The Morgan fingerprint density at radius 2 is 1.48 bits per heavy atom. The summed E-state index contributed by atoms with van der Waals surface area (Å²) in [5, 5.41) is 46.3. The zero-order chi connectivity index (χ0) is 40.2. The van der Waals surface area contributed by atoms with E-state index in [2.05, 4.69) is 0 Å². The van der Waals surface area contributed by atoms with Gasteiger partial charge >= 0.3 is 23.9 Å². The van der Waals surface area contributed by atoms with Crippen molar-refractivity contribution < 1.29 is 72.8 Å². The van der Waals surface area contributed by atoms with Gasteiger partial charge in [0, 0.05) is 56.6 Å². The van der Waals surface area contributed by atoms with Crippen LogP contribution >= 0.6 is 0 Å². The van der Waals surface area contributed by atoms with Gasteiger partial charge in [-0.1, -0.05) is 51.0 Å².